The van der Waals surface area contributed by atoms with E-state index in [0.29, 0.717) is 12.8 Å². The number of methoxy groups -OCH3 is 1. The van der Waals surface area contributed by atoms with E-state index in [9.17, 15) is 10.1 Å². The number of aromatic nitrogens is 1. The van der Waals surface area contributed by atoms with Gasteiger partial charge in [-0.1, -0.05) is 33.3 Å². The molecule has 0 aliphatic heterocycles. The van der Waals surface area contributed by atoms with E-state index < -0.39 is 16.9 Å². The molecule has 2 atom stereocenters. The van der Waals surface area contributed by atoms with E-state index >= 15 is 0 Å². The molecule has 0 saturated heterocycles. The van der Waals surface area contributed by atoms with Crippen LogP contribution >= 0.6 is 0 Å². The van der Waals surface area contributed by atoms with Crippen molar-refractivity contribution in [2.24, 2.45) is 11.3 Å². The average Bonchev–Trinajstić information content (AvgIpc) is 2.51. The van der Waals surface area contributed by atoms with Crippen LogP contribution in [0.25, 0.3) is 0 Å². The highest BCUT2D eigenvalue weighted by Crippen LogP contribution is 2.48. The van der Waals surface area contributed by atoms with Gasteiger partial charge in [-0.25, -0.2) is 0 Å². The van der Waals surface area contributed by atoms with Gasteiger partial charge < -0.3 is 4.74 Å². The predicted octanol–water partition coefficient (Wildman–Crippen LogP) is 3.40. The first-order chi connectivity index (χ1) is 10.4. The third-order valence-corrected chi connectivity index (χ3v) is 4.63. The monoisotopic (exact) mass is 300 g/mol. The lowest BCUT2D eigenvalue weighted by molar-refractivity contribution is -0.148. The maximum Gasteiger partial charge on any atom is 0.155 e. The molecule has 22 heavy (non-hydrogen) atoms. The van der Waals surface area contributed by atoms with Crippen LogP contribution in [0.4, 0.5) is 0 Å². The molecule has 0 aromatic carbocycles. The highest BCUT2D eigenvalue weighted by Gasteiger charge is 2.52. The van der Waals surface area contributed by atoms with Crippen molar-refractivity contribution in [3.05, 3.63) is 29.6 Å². The van der Waals surface area contributed by atoms with Crippen molar-refractivity contribution in [3.63, 3.8) is 0 Å². The lowest BCUT2D eigenvalue weighted by atomic mass is 9.63. The summed E-state index contributed by atoms with van der Waals surface area (Å²) in [4.78, 5) is 17.0. The molecule has 0 radical (unpaired) electrons. The number of ether oxygens (including phenoxy) is 1. The predicted molar refractivity (Wildman–Crippen MR) is 84.0 cm³/mol. The Morgan fingerprint density at radius 3 is 2.82 bits per heavy atom. The van der Waals surface area contributed by atoms with Gasteiger partial charge in [0.1, 0.15) is 11.5 Å². The second-order valence-corrected chi connectivity index (χ2v) is 6.77. The third-order valence-electron chi connectivity index (χ3n) is 4.63. The fraction of sp³-hybridized carbons (Fsp3) is 0.611. The number of rotatable bonds is 4. The molecular formula is C18H24N2O2. The molecule has 1 fully saturated rings. The molecule has 118 valence electrons. The molecule has 4 heteroatoms. The Bertz CT molecular complexity index is 603. The van der Waals surface area contributed by atoms with Crippen LogP contribution < -0.4 is 0 Å². The summed E-state index contributed by atoms with van der Waals surface area (Å²) in [5, 5.41) is 9.39. The van der Waals surface area contributed by atoms with Gasteiger partial charge >= 0.3 is 0 Å². The second-order valence-electron chi connectivity index (χ2n) is 6.77. The normalized spacial score (nSPS) is 27.4. The molecule has 0 spiro atoms. The Morgan fingerprint density at radius 2 is 2.23 bits per heavy atom. The number of nitrogens with zero attached hydrogens (tertiary/aromatic N) is 2. The number of ketones is 1. The maximum atomic E-state index is 12.4. The minimum absolute atomic E-state index is 0.00986. The summed E-state index contributed by atoms with van der Waals surface area (Å²) in [6.07, 6.45) is 4.64. The molecule has 1 aromatic rings. The van der Waals surface area contributed by atoms with Crippen LogP contribution in [-0.2, 0) is 21.6 Å². The zero-order chi connectivity index (χ0) is 16.4. The van der Waals surface area contributed by atoms with Crippen molar-refractivity contribution in [1.82, 2.24) is 4.98 Å². The van der Waals surface area contributed by atoms with E-state index in [1.807, 2.05) is 19.9 Å². The minimum Gasteiger partial charge on any atom is -0.372 e. The topological polar surface area (TPSA) is 63.0 Å². The number of Topliss-reactive ketones (excluding diaryl/α,β-unsaturated/α-hetero) is 1. The molecule has 1 aliphatic carbocycles. The van der Waals surface area contributed by atoms with Gasteiger partial charge in [-0.3, -0.25) is 9.78 Å². The number of carbonyl (C=O) groups excluding carboxylic acids is 1. The highest BCUT2D eigenvalue weighted by molar-refractivity contribution is 5.89. The van der Waals surface area contributed by atoms with Crippen molar-refractivity contribution in [2.45, 2.75) is 52.1 Å². The number of pyridine rings is 1. The molecule has 1 aliphatic rings. The molecule has 1 aromatic heterocycles. The summed E-state index contributed by atoms with van der Waals surface area (Å²) in [6.45, 7) is 5.92. The van der Waals surface area contributed by atoms with E-state index in [4.69, 9.17) is 4.74 Å². The van der Waals surface area contributed by atoms with Crippen molar-refractivity contribution in [1.29, 1.82) is 5.26 Å². The minimum atomic E-state index is -0.663. The standard InChI is InChI=1S/C18H24N2O2/c1-5-7-13-8-6-9-20-15(13)18(22-4)10-14(11-19)16(21)17(2,3)12-18/h6,8-9,14H,5,7,10,12H2,1-4H3. The van der Waals surface area contributed by atoms with E-state index in [2.05, 4.69) is 24.0 Å². The van der Waals surface area contributed by atoms with Crippen LogP contribution in [0.3, 0.4) is 0 Å². The Balaban J connectivity index is 2.54. The Hall–Kier alpha value is -1.73. The van der Waals surface area contributed by atoms with Crippen LogP contribution in [0, 0.1) is 22.7 Å². The highest BCUT2D eigenvalue weighted by atomic mass is 16.5. The van der Waals surface area contributed by atoms with Gasteiger partial charge in [0, 0.05) is 25.1 Å². The van der Waals surface area contributed by atoms with Crippen molar-refractivity contribution in [3.8, 4) is 6.07 Å². The summed E-state index contributed by atoms with van der Waals surface area (Å²) in [5.74, 6) is -0.629. The van der Waals surface area contributed by atoms with Gasteiger partial charge in [-0.15, -0.1) is 0 Å². The largest absolute Gasteiger partial charge is 0.372 e. The molecule has 0 amide bonds. The van der Waals surface area contributed by atoms with Crippen molar-refractivity contribution in [2.75, 3.05) is 7.11 Å². The first kappa shape index (κ1) is 16.6. The molecule has 4 nitrogen and oxygen atoms in total. The zero-order valence-corrected chi connectivity index (χ0v) is 13.8. The smallest absolute Gasteiger partial charge is 0.155 e. The molecule has 0 bridgehead atoms. The first-order valence-electron chi connectivity index (χ1n) is 7.83. The number of hydrogen-bond donors (Lipinski definition) is 0. The van der Waals surface area contributed by atoms with Gasteiger partial charge in [-0.2, -0.15) is 5.26 Å². The van der Waals surface area contributed by atoms with E-state index in [1.165, 1.54) is 0 Å². The van der Waals surface area contributed by atoms with E-state index in [-0.39, 0.29) is 5.78 Å². The fourth-order valence-corrected chi connectivity index (χ4v) is 3.62. The molecule has 2 rings (SSSR count). The maximum absolute atomic E-state index is 12.4. The van der Waals surface area contributed by atoms with Crippen LogP contribution in [-0.4, -0.2) is 17.9 Å². The van der Waals surface area contributed by atoms with Crippen LogP contribution in [0.15, 0.2) is 18.3 Å². The SMILES string of the molecule is CCCc1cccnc1C1(OC)CC(C#N)C(=O)C(C)(C)C1. The molecule has 1 saturated carbocycles. The summed E-state index contributed by atoms with van der Waals surface area (Å²) >= 11 is 0. The van der Waals surface area contributed by atoms with Crippen LogP contribution in [0.5, 0.6) is 0 Å². The van der Waals surface area contributed by atoms with E-state index in [1.54, 1.807) is 13.3 Å². The average molecular weight is 300 g/mol. The summed E-state index contributed by atoms with van der Waals surface area (Å²) in [6, 6.07) is 6.16. The van der Waals surface area contributed by atoms with Crippen molar-refractivity contribution >= 4 is 5.78 Å². The Kier molecular flexibility index (Phi) is 4.67. The number of carbonyl (C=O) groups is 1. The number of hydrogen-bond acceptors (Lipinski definition) is 4. The molecule has 2 unspecified atom stereocenters. The zero-order valence-electron chi connectivity index (χ0n) is 13.8. The van der Waals surface area contributed by atoms with Gasteiger partial charge in [0.25, 0.3) is 0 Å². The van der Waals surface area contributed by atoms with Gasteiger partial charge in [0.2, 0.25) is 0 Å². The fourth-order valence-electron chi connectivity index (χ4n) is 3.62. The van der Waals surface area contributed by atoms with Gasteiger partial charge in [-0.05, 0) is 24.5 Å². The number of nitriles is 1. The quantitative estimate of drug-likeness (QED) is 0.855. The van der Waals surface area contributed by atoms with E-state index in [0.717, 1.165) is 24.1 Å². The number of aryl methyl sites for hydroxylation is 1. The summed E-state index contributed by atoms with van der Waals surface area (Å²) in [5.41, 5.74) is 0.785. The second kappa shape index (κ2) is 6.18. The molecule has 0 N–H and O–H groups in total. The Morgan fingerprint density at radius 1 is 1.50 bits per heavy atom. The first-order valence-corrected chi connectivity index (χ1v) is 7.83. The van der Waals surface area contributed by atoms with Gasteiger partial charge in [0.05, 0.1) is 11.8 Å². The Labute approximate surface area is 132 Å². The summed E-state index contributed by atoms with van der Waals surface area (Å²) < 4.78 is 5.90. The molecule has 1 heterocycles. The lowest BCUT2D eigenvalue weighted by Crippen LogP contribution is -2.48. The van der Waals surface area contributed by atoms with Gasteiger partial charge in [0.15, 0.2) is 5.78 Å². The van der Waals surface area contributed by atoms with Crippen LogP contribution in [0.1, 0.15) is 51.3 Å². The third kappa shape index (κ3) is 2.78. The summed E-state index contributed by atoms with van der Waals surface area (Å²) in [7, 11) is 1.66. The molecular weight excluding hydrogens is 276 g/mol. The lowest BCUT2D eigenvalue weighted by Gasteiger charge is -2.45. The van der Waals surface area contributed by atoms with Crippen molar-refractivity contribution < 1.29 is 9.53 Å². The van der Waals surface area contributed by atoms with Crippen LogP contribution in [0.2, 0.25) is 0 Å².